The molecule has 0 saturated carbocycles. The Morgan fingerprint density at radius 1 is 0.912 bits per heavy atom. The van der Waals surface area contributed by atoms with Gasteiger partial charge in [0.15, 0.2) is 0 Å². The molecular formula is C28H33N3O3. The number of hydrogen-bond acceptors (Lipinski definition) is 4. The number of carboxylic acid groups (broad SMARTS) is 1. The summed E-state index contributed by atoms with van der Waals surface area (Å²) in [4.78, 5) is 18.6. The Kier molecular flexibility index (Phi) is 7.70. The van der Waals surface area contributed by atoms with Crippen molar-refractivity contribution < 1.29 is 14.6 Å². The van der Waals surface area contributed by atoms with E-state index in [1.807, 2.05) is 60.7 Å². The quantitative estimate of drug-likeness (QED) is 0.462. The van der Waals surface area contributed by atoms with Crippen LogP contribution in [-0.4, -0.2) is 55.6 Å². The highest BCUT2D eigenvalue weighted by Crippen LogP contribution is 2.30. The summed E-state index contributed by atoms with van der Waals surface area (Å²) >= 11 is 0. The molecule has 1 saturated heterocycles. The zero-order valence-electron chi connectivity index (χ0n) is 19.9. The Hall–Kier alpha value is -3.51. The fraction of sp³-hybridized carbons (Fsp3) is 0.321. The molecule has 3 aromatic carbocycles. The van der Waals surface area contributed by atoms with Crippen LogP contribution in [0, 0.1) is 0 Å². The molecule has 6 nitrogen and oxygen atoms in total. The van der Waals surface area contributed by atoms with Gasteiger partial charge in [0, 0.05) is 31.9 Å². The molecule has 1 atom stereocenters. The van der Waals surface area contributed by atoms with E-state index in [4.69, 9.17) is 4.74 Å². The first-order chi connectivity index (χ1) is 16.6. The van der Waals surface area contributed by atoms with Gasteiger partial charge in [-0.25, -0.2) is 4.79 Å². The number of anilines is 2. The van der Waals surface area contributed by atoms with Crippen LogP contribution in [0.2, 0.25) is 0 Å². The van der Waals surface area contributed by atoms with Gasteiger partial charge >= 0.3 is 6.09 Å². The number of nitrogens with zero attached hydrogens (tertiary/aromatic N) is 3. The molecule has 0 radical (unpaired) electrons. The summed E-state index contributed by atoms with van der Waals surface area (Å²) in [7, 11) is 1.69. The van der Waals surface area contributed by atoms with Crippen molar-refractivity contribution in [2.75, 3.05) is 43.1 Å². The first kappa shape index (κ1) is 23.6. The Bertz CT molecular complexity index is 1060. The van der Waals surface area contributed by atoms with Crippen molar-refractivity contribution in [1.29, 1.82) is 0 Å². The summed E-state index contributed by atoms with van der Waals surface area (Å²) in [5.74, 6) is 0.867. The average molecular weight is 460 g/mol. The lowest BCUT2D eigenvalue weighted by Crippen LogP contribution is -2.57. The third-order valence-corrected chi connectivity index (χ3v) is 6.47. The second kappa shape index (κ2) is 11.1. The van der Waals surface area contributed by atoms with E-state index in [1.54, 1.807) is 7.11 Å². The molecule has 0 spiro atoms. The van der Waals surface area contributed by atoms with E-state index in [2.05, 4.69) is 34.9 Å². The van der Waals surface area contributed by atoms with Crippen molar-refractivity contribution in [3.63, 3.8) is 0 Å². The molecule has 1 heterocycles. The van der Waals surface area contributed by atoms with Gasteiger partial charge < -0.3 is 14.7 Å². The number of para-hydroxylation sites is 2. The average Bonchev–Trinajstić information content (AvgIpc) is 2.89. The van der Waals surface area contributed by atoms with E-state index in [1.165, 1.54) is 4.90 Å². The monoisotopic (exact) mass is 459 g/mol. The smallest absolute Gasteiger partial charge is 0.413 e. The molecule has 1 aliphatic heterocycles. The molecule has 0 aromatic heterocycles. The van der Waals surface area contributed by atoms with Gasteiger partial charge in [-0.05, 0) is 41.8 Å². The Balaban J connectivity index is 1.52. The molecule has 0 bridgehead atoms. The highest BCUT2D eigenvalue weighted by atomic mass is 16.5. The predicted molar refractivity (Wildman–Crippen MR) is 138 cm³/mol. The number of methoxy groups -OCH3 is 1. The van der Waals surface area contributed by atoms with Gasteiger partial charge in [-0.15, -0.1) is 0 Å². The first-order valence-electron chi connectivity index (χ1n) is 11.9. The minimum Gasteiger partial charge on any atom is -0.495 e. The largest absolute Gasteiger partial charge is 0.495 e. The molecular weight excluding hydrogens is 426 g/mol. The summed E-state index contributed by atoms with van der Waals surface area (Å²) in [5.41, 5.74) is 3.99. The first-order valence-corrected chi connectivity index (χ1v) is 11.9. The highest BCUT2D eigenvalue weighted by Gasteiger charge is 2.32. The minimum atomic E-state index is -0.918. The summed E-state index contributed by atoms with van der Waals surface area (Å²) in [5, 5.41) is 10.2. The van der Waals surface area contributed by atoms with Crippen molar-refractivity contribution in [3.05, 3.63) is 78.9 Å². The van der Waals surface area contributed by atoms with Crippen LogP contribution in [0.5, 0.6) is 5.75 Å². The zero-order chi connectivity index (χ0) is 23.9. The number of rotatable bonds is 8. The van der Waals surface area contributed by atoms with Gasteiger partial charge in [0.05, 0.1) is 19.0 Å². The fourth-order valence-corrected chi connectivity index (χ4v) is 4.74. The van der Waals surface area contributed by atoms with Crippen LogP contribution >= 0.6 is 0 Å². The van der Waals surface area contributed by atoms with Crippen LogP contribution in [-0.2, 0) is 0 Å². The molecule has 1 aliphatic rings. The second-order valence-corrected chi connectivity index (χ2v) is 8.53. The summed E-state index contributed by atoms with van der Waals surface area (Å²) in [6, 6.07) is 26.0. The van der Waals surface area contributed by atoms with Crippen LogP contribution in [0.1, 0.15) is 19.8 Å². The Morgan fingerprint density at radius 3 is 2.15 bits per heavy atom. The van der Waals surface area contributed by atoms with Crippen LogP contribution in [0.3, 0.4) is 0 Å². The number of amides is 1. The van der Waals surface area contributed by atoms with Gasteiger partial charge in [-0.3, -0.25) is 9.80 Å². The van der Waals surface area contributed by atoms with Crippen LogP contribution in [0.4, 0.5) is 16.2 Å². The molecule has 178 valence electrons. The van der Waals surface area contributed by atoms with Crippen molar-refractivity contribution in [2.24, 2.45) is 0 Å². The molecule has 4 rings (SSSR count). The molecule has 0 aliphatic carbocycles. The number of carbonyl (C=O) groups is 1. The van der Waals surface area contributed by atoms with E-state index in [0.29, 0.717) is 5.69 Å². The fourth-order valence-electron chi connectivity index (χ4n) is 4.74. The lowest BCUT2D eigenvalue weighted by atomic mass is 10.0. The lowest BCUT2D eigenvalue weighted by Gasteiger charge is -2.43. The van der Waals surface area contributed by atoms with Crippen LogP contribution < -0.4 is 14.5 Å². The van der Waals surface area contributed by atoms with Crippen molar-refractivity contribution in [1.82, 2.24) is 4.90 Å². The summed E-state index contributed by atoms with van der Waals surface area (Å²) in [6.07, 6.45) is 0.563. The van der Waals surface area contributed by atoms with Gasteiger partial charge in [0.1, 0.15) is 5.75 Å². The predicted octanol–water partition coefficient (Wildman–Crippen LogP) is 5.80. The van der Waals surface area contributed by atoms with E-state index < -0.39 is 6.09 Å². The minimum absolute atomic E-state index is 0.204. The van der Waals surface area contributed by atoms with Gasteiger partial charge in [-0.1, -0.05) is 67.9 Å². The molecule has 3 aromatic rings. The van der Waals surface area contributed by atoms with E-state index in [9.17, 15) is 9.90 Å². The third kappa shape index (κ3) is 5.18. The topological polar surface area (TPSA) is 56.2 Å². The Morgan fingerprint density at radius 2 is 1.53 bits per heavy atom. The van der Waals surface area contributed by atoms with Crippen molar-refractivity contribution in [3.8, 4) is 16.9 Å². The summed E-state index contributed by atoms with van der Waals surface area (Å²) < 4.78 is 5.54. The lowest BCUT2D eigenvalue weighted by molar-refractivity contribution is 0.151. The number of benzene rings is 3. The number of ether oxygens (including phenoxy) is 1. The van der Waals surface area contributed by atoms with E-state index in [-0.39, 0.29) is 6.17 Å². The molecule has 1 N–H and O–H groups in total. The maximum Gasteiger partial charge on any atom is 0.413 e. The Labute approximate surface area is 202 Å². The van der Waals surface area contributed by atoms with E-state index >= 15 is 0 Å². The third-order valence-electron chi connectivity index (χ3n) is 6.47. The zero-order valence-corrected chi connectivity index (χ0v) is 19.9. The highest BCUT2D eigenvalue weighted by molar-refractivity contribution is 5.87. The van der Waals surface area contributed by atoms with Crippen LogP contribution in [0.25, 0.3) is 11.1 Å². The molecule has 1 fully saturated rings. The van der Waals surface area contributed by atoms with E-state index in [0.717, 1.165) is 61.6 Å². The van der Waals surface area contributed by atoms with Crippen molar-refractivity contribution >= 4 is 17.5 Å². The maximum absolute atomic E-state index is 12.5. The molecule has 1 amide bonds. The summed E-state index contributed by atoms with van der Waals surface area (Å²) in [6.45, 7) is 5.32. The van der Waals surface area contributed by atoms with Gasteiger partial charge in [-0.2, -0.15) is 0 Å². The van der Waals surface area contributed by atoms with Gasteiger partial charge in [0.25, 0.3) is 0 Å². The van der Waals surface area contributed by atoms with Crippen LogP contribution in [0.15, 0.2) is 78.9 Å². The number of piperazine rings is 1. The van der Waals surface area contributed by atoms with Crippen molar-refractivity contribution in [2.45, 2.75) is 25.9 Å². The molecule has 34 heavy (non-hydrogen) atoms. The second-order valence-electron chi connectivity index (χ2n) is 8.53. The maximum atomic E-state index is 12.5. The SMILES string of the molecule is CCCC(N1CCN(c2ccccc2OC)CC1)N(C(=O)O)c1ccc(-c2ccccc2)cc1. The number of hydrogen-bond donors (Lipinski definition) is 1. The van der Waals surface area contributed by atoms with Gasteiger partial charge in [0.2, 0.25) is 0 Å². The molecule has 6 heteroatoms. The molecule has 1 unspecified atom stereocenters. The standard InChI is InChI=1S/C28H33N3O3/c1-3-9-27(30-20-18-29(19-21-30)25-12-7-8-13-26(25)34-2)31(28(32)33)24-16-14-23(15-17-24)22-10-5-4-6-11-22/h4-8,10-17,27H,3,9,18-21H2,1-2H3,(H,32,33). The normalized spacial score (nSPS) is 15.1.